The van der Waals surface area contributed by atoms with Gasteiger partial charge in [-0.15, -0.1) is 12.4 Å². The Morgan fingerprint density at radius 3 is 2.23 bits per heavy atom. The number of hydrogen-bond acceptors (Lipinski definition) is 3. The van der Waals surface area contributed by atoms with E-state index >= 15 is 0 Å². The second kappa shape index (κ2) is 10.1. The van der Waals surface area contributed by atoms with Crippen molar-refractivity contribution in [3.63, 3.8) is 0 Å². The Labute approximate surface area is 134 Å². The molecule has 124 valence electrons. The first-order valence-electron chi connectivity index (χ1n) is 6.62. The molecule has 0 saturated carbocycles. The van der Waals surface area contributed by atoms with Crippen LogP contribution in [0.4, 0.5) is 8.78 Å². The largest absolute Gasteiger partial charge is 0.354 e. The monoisotopic (exact) mass is 335 g/mol. The molecular weight excluding hydrogens is 316 g/mol. The van der Waals surface area contributed by atoms with E-state index < -0.39 is 23.1 Å². The van der Waals surface area contributed by atoms with Gasteiger partial charge >= 0.3 is 0 Å². The summed E-state index contributed by atoms with van der Waals surface area (Å²) in [4.78, 5) is 23.2. The molecule has 1 unspecified atom stereocenters. The molecule has 2 amide bonds. The van der Waals surface area contributed by atoms with Crippen molar-refractivity contribution in [1.82, 2.24) is 16.0 Å². The summed E-state index contributed by atoms with van der Waals surface area (Å²) in [6, 6.07) is 3.21. The van der Waals surface area contributed by atoms with Crippen LogP contribution in [-0.4, -0.2) is 38.5 Å². The van der Waals surface area contributed by atoms with E-state index in [1.54, 1.807) is 14.0 Å². The van der Waals surface area contributed by atoms with E-state index in [1.807, 2.05) is 0 Å². The number of halogens is 3. The molecule has 0 aromatic heterocycles. The fraction of sp³-hybridized carbons (Fsp3) is 0.429. The van der Waals surface area contributed by atoms with Crippen LogP contribution in [-0.2, 0) is 4.79 Å². The third-order valence-electron chi connectivity index (χ3n) is 2.86. The molecule has 0 aliphatic carbocycles. The van der Waals surface area contributed by atoms with Gasteiger partial charge < -0.3 is 16.0 Å². The molecule has 3 N–H and O–H groups in total. The van der Waals surface area contributed by atoms with Gasteiger partial charge in [0.15, 0.2) is 0 Å². The summed E-state index contributed by atoms with van der Waals surface area (Å²) in [5.41, 5.74) is -0.618. The Morgan fingerprint density at radius 2 is 1.68 bits per heavy atom. The maximum Gasteiger partial charge on any atom is 0.257 e. The number of nitrogens with one attached hydrogen (secondary N) is 3. The second-order valence-electron chi connectivity index (χ2n) is 4.60. The molecule has 1 aromatic carbocycles. The zero-order valence-electron chi connectivity index (χ0n) is 12.4. The summed E-state index contributed by atoms with van der Waals surface area (Å²) in [6.07, 6.45) is 0. The van der Waals surface area contributed by atoms with Gasteiger partial charge in [-0.3, -0.25) is 9.59 Å². The van der Waals surface area contributed by atoms with Crippen LogP contribution in [0, 0.1) is 17.6 Å². The number of amides is 2. The Balaban J connectivity index is 0.00000441. The zero-order chi connectivity index (χ0) is 15.8. The summed E-state index contributed by atoms with van der Waals surface area (Å²) < 4.78 is 26.7. The van der Waals surface area contributed by atoms with Crippen LogP contribution < -0.4 is 16.0 Å². The summed E-state index contributed by atoms with van der Waals surface area (Å²) in [7, 11) is 1.74. The predicted octanol–water partition coefficient (Wildman–Crippen LogP) is 1.09. The molecule has 0 spiro atoms. The average molecular weight is 336 g/mol. The topological polar surface area (TPSA) is 70.2 Å². The standard InChI is InChI=1S/C14H19F2N3O2.ClH/c1-9(8-17-2)13(20)18-6-7-19-14(21)12-10(15)4-3-5-11(12)16;/h3-5,9,17H,6-8H2,1-2H3,(H,18,20)(H,19,21);1H. The van der Waals surface area contributed by atoms with Gasteiger partial charge in [-0.05, 0) is 19.2 Å². The average Bonchev–Trinajstić information content (AvgIpc) is 2.43. The number of carbonyl (C=O) groups is 2. The van der Waals surface area contributed by atoms with E-state index in [4.69, 9.17) is 0 Å². The molecule has 0 aliphatic rings. The first kappa shape index (κ1) is 20.3. The lowest BCUT2D eigenvalue weighted by molar-refractivity contribution is -0.124. The van der Waals surface area contributed by atoms with E-state index in [1.165, 1.54) is 6.07 Å². The van der Waals surface area contributed by atoms with Gasteiger partial charge in [-0.2, -0.15) is 0 Å². The maximum absolute atomic E-state index is 13.4. The molecule has 0 bridgehead atoms. The lowest BCUT2D eigenvalue weighted by Crippen LogP contribution is -2.39. The van der Waals surface area contributed by atoms with E-state index in [-0.39, 0.29) is 37.3 Å². The summed E-state index contributed by atoms with van der Waals surface area (Å²) >= 11 is 0. The van der Waals surface area contributed by atoms with Crippen molar-refractivity contribution in [3.8, 4) is 0 Å². The molecule has 5 nitrogen and oxygen atoms in total. The molecule has 0 fully saturated rings. The summed E-state index contributed by atoms with van der Waals surface area (Å²) in [5, 5.41) is 7.86. The highest BCUT2D eigenvalue weighted by Gasteiger charge is 2.16. The molecule has 22 heavy (non-hydrogen) atoms. The lowest BCUT2D eigenvalue weighted by Gasteiger charge is -2.12. The Kier molecular flexibility index (Phi) is 9.28. The van der Waals surface area contributed by atoms with Crippen LogP contribution in [0.5, 0.6) is 0 Å². The second-order valence-corrected chi connectivity index (χ2v) is 4.60. The molecule has 0 saturated heterocycles. The lowest BCUT2D eigenvalue weighted by atomic mass is 10.1. The molecule has 0 heterocycles. The molecule has 1 rings (SSSR count). The highest BCUT2D eigenvalue weighted by Crippen LogP contribution is 2.11. The SMILES string of the molecule is CNCC(C)C(=O)NCCNC(=O)c1c(F)cccc1F.Cl. The maximum atomic E-state index is 13.4. The van der Waals surface area contributed by atoms with Gasteiger partial charge in [0.1, 0.15) is 17.2 Å². The van der Waals surface area contributed by atoms with Gasteiger partial charge in [0.05, 0.1) is 0 Å². The fourth-order valence-electron chi connectivity index (χ4n) is 1.74. The minimum absolute atomic E-state index is 0. The Bertz CT molecular complexity index is 495. The van der Waals surface area contributed by atoms with Crippen LogP contribution in [0.15, 0.2) is 18.2 Å². The van der Waals surface area contributed by atoms with Gasteiger partial charge in [-0.1, -0.05) is 13.0 Å². The van der Waals surface area contributed by atoms with E-state index in [0.717, 1.165) is 12.1 Å². The normalized spacial score (nSPS) is 11.3. The zero-order valence-corrected chi connectivity index (χ0v) is 13.2. The van der Waals surface area contributed by atoms with Crippen molar-refractivity contribution >= 4 is 24.2 Å². The van der Waals surface area contributed by atoms with E-state index in [2.05, 4.69) is 16.0 Å². The molecule has 0 radical (unpaired) electrons. The van der Waals surface area contributed by atoms with Crippen molar-refractivity contribution < 1.29 is 18.4 Å². The third-order valence-corrected chi connectivity index (χ3v) is 2.86. The van der Waals surface area contributed by atoms with Crippen molar-refractivity contribution in [2.75, 3.05) is 26.7 Å². The fourth-order valence-corrected chi connectivity index (χ4v) is 1.74. The number of benzene rings is 1. The number of carbonyl (C=O) groups excluding carboxylic acids is 2. The Hall–Kier alpha value is -1.73. The van der Waals surface area contributed by atoms with Crippen LogP contribution in [0.1, 0.15) is 17.3 Å². The highest BCUT2D eigenvalue weighted by molar-refractivity contribution is 5.94. The molecule has 8 heteroatoms. The van der Waals surface area contributed by atoms with Crippen LogP contribution in [0.3, 0.4) is 0 Å². The smallest absolute Gasteiger partial charge is 0.257 e. The Morgan fingerprint density at radius 1 is 1.14 bits per heavy atom. The van der Waals surface area contributed by atoms with Crippen LogP contribution in [0.25, 0.3) is 0 Å². The summed E-state index contributed by atoms with van der Waals surface area (Å²) in [5.74, 6) is -3.04. The molecule has 1 atom stereocenters. The minimum Gasteiger partial charge on any atom is -0.354 e. The van der Waals surface area contributed by atoms with Crippen molar-refractivity contribution in [2.24, 2.45) is 5.92 Å². The molecule has 0 aliphatic heterocycles. The van der Waals surface area contributed by atoms with Gasteiger partial charge in [0, 0.05) is 25.6 Å². The van der Waals surface area contributed by atoms with Gasteiger partial charge in [0.25, 0.3) is 5.91 Å². The molecular formula is C14H20ClF2N3O2. The van der Waals surface area contributed by atoms with Crippen molar-refractivity contribution in [1.29, 1.82) is 0 Å². The first-order chi connectivity index (χ1) is 9.97. The highest BCUT2D eigenvalue weighted by atomic mass is 35.5. The number of hydrogen-bond donors (Lipinski definition) is 3. The summed E-state index contributed by atoms with van der Waals surface area (Å²) in [6.45, 7) is 2.58. The van der Waals surface area contributed by atoms with E-state index in [9.17, 15) is 18.4 Å². The van der Waals surface area contributed by atoms with Gasteiger partial charge in [0.2, 0.25) is 5.91 Å². The first-order valence-corrected chi connectivity index (χ1v) is 6.62. The third kappa shape index (κ3) is 5.95. The van der Waals surface area contributed by atoms with Gasteiger partial charge in [-0.25, -0.2) is 8.78 Å². The minimum atomic E-state index is -0.917. The number of rotatable bonds is 7. The predicted molar refractivity (Wildman–Crippen MR) is 82.0 cm³/mol. The molecule has 1 aromatic rings. The van der Waals surface area contributed by atoms with E-state index in [0.29, 0.717) is 6.54 Å². The van der Waals surface area contributed by atoms with Crippen molar-refractivity contribution in [3.05, 3.63) is 35.4 Å². The van der Waals surface area contributed by atoms with Crippen LogP contribution >= 0.6 is 12.4 Å². The van der Waals surface area contributed by atoms with Crippen LogP contribution in [0.2, 0.25) is 0 Å². The van der Waals surface area contributed by atoms with Crippen molar-refractivity contribution in [2.45, 2.75) is 6.92 Å². The quantitative estimate of drug-likeness (QED) is 0.653.